The Morgan fingerprint density at radius 3 is 2.60 bits per heavy atom. The van der Waals surface area contributed by atoms with Crippen LogP contribution >= 0.6 is 0 Å². The smallest absolute Gasteiger partial charge is 0.148 e. The van der Waals surface area contributed by atoms with Gasteiger partial charge in [-0.1, -0.05) is 35.9 Å². The van der Waals surface area contributed by atoms with Gasteiger partial charge in [0.25, 0.3) is 0 Å². The Morgan fingerprint density at radius 1 is 1.05 bits per heavy atom. The monoisotopic (exact) mass is 267 g/mol. The zero-order chi connectivity index (χ0) is 14.1. The minimum atomic E-state index is -0.349. The average Bonchev–Trinajstić information content (AvgIpc) is 2.81. The fraction of sp³-hybridized carbons (Fsp3) is 0.0625. The first-order valence-electron chi connectivity index (χ1n) is 6.32. The van der Waals surface area contributed by atoms with Crippen molar-refractivity contribution in [1.29, 1.82) is 0 Å². The number of nitrogens with two attached hydrogens (primary N) is 1. The Labute approximate surface area is 116 Å². The molecule has 3 nitrogen and oxygen atoms in total. The van der Waals surface area contributed by atoms with Crippen molar-refractivity contribution in [3.8, 4) is 16.9 Å². The zero-order valence-electron chi connectivity index (χ0n) is 11.0. The van der Waals surface area contributed by atoms with E-state index in [-0.39, 0.29) is 5.82 Å². The maximum absolute atomic E-state index is 13.8. The van der Waals surface area contributed by atoms with E-state index in [1.165, 1.54) is 10.7 Å². The van der Waals surface area contributed by atoms with E-state index < -0.39 is 0 Å². The van der Waals surface area contributed by atoms with E-state index in [4.69, 9.17) is 5.73 Å². The number of rotatable bonds is 2. The topological polar surface area (TPSA) is 43.8 Å². The summed E-state index contributed by atoms with van der Waals surface area (Å²) in [6.07, 6.45) is 0. The van der Waals surface area contributed by atoms with Gasteiger partial charge in [-0.3, -0.25) is 0 Å². The summed E-state index contributed by atoms with van der Waals surface area (Å²) in [5.74, 6) is 0.0599. The second kappa shape index (κ2) is 4.81. The van der Waals surface area contributed by atoms with Gasteiger partial charge in [-0.2, -0.15) is 5.10 Å². The largest absolute Gasteiger partial charge is 0.384 e. The van der Waals surface area contributed by atoms with E-state index in [1.54, 1.807) is 24.3 Å². The molecule has 0 saturated heterocycles. The standard InChI is InChI=1S/C16H14FN3/c1-11-5-4-6-12(9-11)14-10-16(18)20(19-14)15-8-3-2-7-13(15)17/h2-10H,18H2,1H3. The van der Waals surface area contributed by atoms with E-state index in [0.29, 0.717) is 11.5 Å². The summed E-state index contributed by atoms with van der Waals surface area (Å²) < 4.78 is 15.2. The van der Waals surface area contributed by atoms with Crippen molar-refractivity contribution >= 4 is 5.82 Å². The van der Waals surface area contributed by atoms with Crippen LogP contribution in [0.5, 0.6) is 0 Å². The van der Waals surface area contributed by atoms with Crippen LogP contribution in [0.15, 0.2) is 54.6 Å². The predicted molar refractivity (Wildman–Crippen MR) is 78.1 cm³/mol. The molecule has 1 heterocycles. The first-order valence-corrected chi connectivity index (χ1v) is 6.32. The van der Waals surface area contributed by atoms with Gasteiger partial charge in [0.1, 0.15) is 17.3 Å². The number of aromatic nitrogens is 2. The van der Waals surface area contributed by atoms with E-state index in [2.05, 4.69) is 5.10 Å². The van der Waals surface area contributed by atoms with Crippen LogP contribution in [0.4, 0.5) is 10.2 Å². The van der Waals surface area contributed by atoms with Crippen molar-refractivity contribution in [3.05, 3.63) is 66.0 Å². The Morgan fingerprint density at radius 2 is 1.85 bits per heavy atom. The number of nitrogens with zero attached hydrogens (tertiary/aromatic N) is 2. The molecular formula is C16H14FN3. The predicted octanol–water partition coefficient (Wildman–Crippen LogP) is 3.57. The first kappa shape index (κ1) is 12.4. The fourth-order valence-corrected chi connectivity index (χ4v) is 2.16. The molecule has 1 aromatic heterocycles. The molecule has 0 saturated carbocycles. The van der Waals surface area contributed by atoms with E-state index in [0.717, 1.165) is 16.8 Å². The van der Waals surface area contributed by atoms with Gasteiger partial charge < -0.3 is 5.73 Å². The molecule has 0 fully saturated rings. The lowest BCUT2D eigenvalue weighted by Gasteiger charge is -2.04. The number of benzene rings is 2. The molecule has 0 bridgehead atoms. The molecule has 0 aliphatic heterocycles. The van der Waals surface area contributed by atoms with Crippen molar-refractivity contribution in [3.63, 3.8) is 0 Å². The molecule has 2 aromatic carbocycles. The number of hydrogen-bond acceptors (Lipinski definition) is 2. The summed E-state index contributed by atoms with van der Waals surface area (Å²) in [6, 6.07) is 16.1. The molecule has 3 aromatic rings. The molecule has 0 aliphatic rings. The minimum Gasteiger partial charge on any atom is -0.384 e. The molecule has 20 heavy (non-hydrogen) atoms. The third-order valence-electron chi connectivity index (χ3n) is 3.13. The maximum atomic E-state index is 13.8. The van der Waals surface area contributed by atoms with Gasteiger partial charge in [0.05, 0.1) is 5.69 Å². The van der Waals surface area contributed by atoms with Crippen LogP contribution in [0.2, 0.25) is 0 Å². The normalized spacial score (nSPS) is 10.7. The number of nitrogen functional groups attached to an aromatic ring is 1. The van der Waals surface area contributed by atoms with Crippen LogP contribution < -0.4 is 5.73 Å². The van der Waals surface area contributed by atoms with Crippen LogP contribution in [0.3, 0.4) is 0 Å². The van der Waals surface area contributed by atoms with Crippen LogP contribution in [0.1, 0.15) is 5.56 Å². The highest BCUT2D eigenvalue weighted by Gasteiger charge is 2.11. The van der Waals surface area contributed by atoms with E-state index in [1.807, 2.05) is 31.2 Å². The Kier molecular flexibility index (Phi) is 2.99. The van der Waals surface area contributed by atoms with Gasteiger partial charge in [0.2, 0.25) is 0 Å². The summed E-state index contributed by atoms with van der Waals surface area (Å²) in [5, 5.41) is 4.40. The van der Waals surface area contributed by atoms with Crippen molar-refractivity contribution in [1.82, 2.24) is 9.78 Å². The van der Waals surface area contributed by atoms with Crippen molar-refractivity contribution < 1.29 is 4.39 Å². The highest BCUT2D eigenvalue weighted by atomic mass is 19.1. The Balaban J connectivity index is 2.10. The van der Waals surface area contributed by atoms with Crippen LogP contribution in [0.25, 0.3) is 16.9 Å². The summed E-state index contributed by atoms with van der Waals surface area (Å²) in [4.78, 5) is 0. The molecular weight excluding hydrogens is 253 g/mol. The lowest BCUT2D eigenvalue weighted by Crippen LogP contribution is -2.03. The fourth-order valence-electron chi connectivity index (χ4n) is 2.16. The number of para-hydroxylation sites is 1. The first-order chi connectivity index (χ1) is 9.65. The molecule has 2 N–H and O–H groups in total. The minimum absolute atomic E-state index is 0.349. The van der Waals surface area contributed by atoms with Crippen LogP contribution in [-0.2, 0) is 0 Å². The third-order valence-corrected chi connectivity index (χ3v) is 3.13. The van der Waals surface area contributed by atoms with Gasteiger partial charge in [-0.25, -0.2) is 9.07 Å². The molecule has 0 spiro atoms. The number of anilines is 1. The van der Waals surface area contributed by atoms with Gasteiger partial charge >= 0.3 is 0 Å². The van der Waals surface area contributed by atoms with Crippen LogP contribution in [0, 0.1) is 12.7 Å². The van der Waals surface area contributed by atoms with Gasteiger partial charge in [-0.15, -0.1) is 0 Å². The number of aryl methyl sites for hydroxylation is 1. The maximum Gasteiger partial charge on any atom is 0.148 e. The number of halogens is 1. The summed E-state index contributed by atoms with van der Waals surface area (Å²) in [7, 11) is 0. The molecule has 0 aliphatic carbocycles. The third kappa shape index (κ3) is 2.16. The lowest BCUT2D eigenvalue weighted by molar-refractivity contribution is 0.612. The highest BCUT2D eigenvalue weighted by molar-refractivity contribution is 5.64. The van der Waals surface area contributed by atoms with Gasteiger partial charge in [0, 0.05) is 11.6 Å². The molecule has 3 rings (SSSR count). The van der Waals surface area contributed by atoms with Crippen molar-refractivity contribution in [2.45, 2.75) is 6.92 Å². The van der Waals surface area contributed by atoms with Crippen LogP contribution in [-0.4, -0.2) is 9.78 Å². The Hall–Kier alpha value is -2.62. The van der Waals surface area contributed by atoms with Gasteiger partial charge in [0.15, 0.2) is 0 Å². The summed E-state index contributed by atoms with van der Waals surface area (Å²) in [6.45, 7) is 2.01. The second-order valence-electron chi connectivity index (χ2n) is 4.69. The van der Waals surface area contributed by atoms with Gasteiger partial charge in [-0.05, 0) is 25.1 Å². The molecule has 100 valence electrons. The summed E-state index contributed by atoms with van der Waals surface area (Å²) in [5.41, 5.74) is 9.14. The lowest BCUT2D eigenvalue weighted by atomic mass is 10.1. The molecule has 0 radical (unpaired) electrons. The SMILES string of the molecule is Cc1cccc(-c2cc(N)n(-c3ccccc3F)n2)c1. The second-order valence-corrected chi connectivity index (χ2v) is 4.69. The number of hydrogen-bond donors (Lipinski definition) is 1. The summed E-state index contributed by atoms with van der Waals surface area (Å²) >= 11 is 0. The Bertz CT molecular complexity index is 762. The zero-order valence-corrected chi connectivity index (χ0v) is 11.0. The molecule has 0 unspecified atom stereocenters. The quantitative estimate of drug-likeness (QED) is 0.771. The molecule has 0 amide bonds. The molecule has 0 atom stereocenters. The van der Waals surface area contributed by atoms with Crippen molar-refractivity contribution in [2.24, 2.45) is 0 Å². The van der Waals surface area contributed by atoms with E-state index >= 15 is 0 Å². The van der Waals surface area contributed by atoms with E-state index in [9.17, 15) is 4.39 Å². The average molecular weight is 267 g/mol. The van der Waals surface area contributed by atoms with Crippen molar-refractivity contribution in [2.75, 3.05) is 5.73 Å². The highest BCUT2D eigenvalue weighted by Crippen LogP contribution is 2.24. The molecule has 4 heteroatoms.